The first-order valence-electron chi connectivity index (χ1n) is 6.98. The number of fused-ring (bicyclic) bond motifs is 1. The molecule has 0 bridgehead atoms. The largest absolute Gasteiger partial charge is 0.473 e. The molecule has 2 aromatic rings. The average Bonchev–Trinajstić information content (AvgIpc) is 2.93. The standard InChI is InChI=1S/C16H17N3O/c17-9-12-5-3-7-15(12)20-16-13(10-18)8-11-4-1-2-6-14(11)19-16/h1-2,4,6,8,12,15H,3,5,7,9,17H2. The Balaban J connectivity index is 1.96. The summed E-state index contributed by atoms with van der Waals surface area (Å²) in [5.74, 6) is 0.811. The van der Waals surface area contributed by atoms with Gasteiger partial charge in [0.05, 0.1) is 5.52 Å². The number of aromatic nitrogens is 1. The minimum absolute atomic E-state index is 0.0840. The Labute approximate surface area is 118 Å². The molecule has 2 unspecified atom stereocenters. The third-order valence-electron chi connectivity index (χ3n) is 3.96. The summed E-state index contributed by atoms with van der Waals surface area (Å²) < 4.78 is 6.00. The van der Waals surface area contributed by atoms with Gasteiger partial charge in [-0.15, -0.1) is 0 Å². The maximum Gasteiger partial charge on any atom is 0.232 e. The molecule has 0 saturated heterocycles. The maximum absolute atomic E-state index is 9.28. The number of para-hydroxylation sites is 1. The monoisotopic (exact) mass is 267 g/mol. The summed E-state index contributed by atoms with van der Waals surface area (Å²) in [5.41, 5.74) is 7.12. The lowest BCUT2D eigenvalue weighted by molar-refractivity contribution is 0.155. The topological polar surface area (TPSA) is 71.9 Å². The number of nitriles is 1. The summed E-state index contributed by atoms with van der Waals surface area (Å²) in [4.78, 5) is 4.49. The summed E-state index contributed by atoms with van der Waals surface area (Å²) in [6.45, 7) is 0.625. The van der Waals surface area contributed by atoms with Crippen molar-refractivity contribution in [2.75, 3.05) is 6.54 Å². The molecule has 2 N–H and O–H groups in total. The Kier molecular flexibility index (Phi) is 3.53. The van der Waals surface area contributed by atoms with E-state index >= 15 is 0 Å². The molecular formula is C16H17N3O. The van der Waals surface area contributed by atoms with Crippen LogP contribution in [0.15, 0.2) is 30.3 Å². The zero-order valence-electron chi connectivity index (χ0n) is 11.2. The highest BCUT2D eigenvalue weighted by Gasteiger charge is 2.28. The SMILES string of the molecule is N#Cc1cc2ccccc2nc1OC1CCCC1CN. The van der Waals surface area contributed by atoms with E-state index in [-0.39, 0.29) is 6.10 Å². The highest BCUT2D eigenvalue weighted by atomic mass is 16.5. The van der Waals surface area contributed by atoms with Crippen molar-refractivity contribution in [3.8, 4) is 11.9 Å². The molecule has 3 rings (SSSR count). The predicted molar refractivity (Wildman–Crippen MR) is 77.3 cm³/mol. The van der Waals surface area contributed by atoms with Gasteiger partial charge >= 0.3 is 0 Å². The fourth-order valence-electron chi connectivity index (χ4n) is 2.84. The van der Waals surface area contributed by atoms with Gasteiger partial charge in [0.15, 0.2) is 0 Å². The number of nitrogens with two attached hydrogens (primary N) is 1. The molecule has 1 saturated carbocycles. The van der Waals surface area contributed by atoms with E-state index in [1.54, 1.807) is 0 Å². The lowest BCUT2D eigenvalue weighted by Crippen LogP contribution is -2.28. The smallest absolute Gasteiger partial charge is 0.232 e. The number of nitrogens with zero attached hydrogens (tertiary/aromatic N) is 2. The van der Waals surface area contributed by atoms with Gasteiger partial charge in [0.2, 0.25) is 5.88 Å². The summed E-state index contributed by atoms with van der Waals surface area (Å²) in [7, 11) is 0. The summed E-state index contributed by atoms with van der Waals surface area (Å²) in [5, 5.41) is 10.2. The molecular weight excluding hydrogens is 250 g/mol. The molecule has 4 heteroatoms. The predicted octanol–water partition coefficient (Wildman–Crippen LogP) is 2.61. The first-order chi connectivity index (χ1) is 9.81. The number of ether oxygens (including phenoxy) is 1. The molecule has 4 nitrogen and oxygen atoms in total. The normalized spacial score (nSPS) is 21.8. The molecule has 1 aliphatic rings. The Morgan fingerprint density at radius 3 is 3.00 bits per heavy atom. The molecule has 0 aliphatic heterocycles. The number of benzene rings is 1. The fourth-order valence-corrected chi connectivity index (χ4v) is 2.84. The summed E-state index contributed by atoms with van der Waals surface area (Å²) in [6, 6.07) is 11.8. The maximum atomic E-state index is 9.28. The molecule has 1 aromatic heterocycles. The van der Waals surface area contributed by atoms with Gasteiger partial charge in [-0.25, -0.2) is 4.98 Å². The minimum Gasteiger partial charge on any atom is -0.473 e. The second-order valence-electron chi connectivity index (χ2n) is 5.23. The molecule has 20 heavy (non-hydrogen) atoms. The molecule has 0 amide bonds. The molecule has 0 radical (unpaired) electrons. The van der Waals surface area contributed by atoms with Crippen molar-refractivity contribution in [1.29, 1.82) is 5.26 Å². The van der Waals surface area contributed by atoms with E-state index in [2.05, 4.69) is 11.1 Å². The molecule has 1 aromatic carbocycles. The number of rotatable bonds is 3. The average molecular weight is 267 g/mol. The highest BCUT2D eigenvalue weighted by molar-refractivity contribution is 5.80. The van der Waals surface area contributed by atoms with Gasteiger partial charge in [0.25, 0.3) is 0 Å². The number of hydrogen-bond donors (Lipinski definition) is 1. The third kappa shape index (κ3) is 2.33. The van der Waals surface area contributed by atoms with Gasteiger partial charge in [-0.3, -0.25) is 0 Å². The summed E-state index contributed by atoms with van der Waals surface area (Å²) in [6.07, 6.45) is 3.29. The second kappa shape index (κ2) is 5.48. The van der Waals surface area contributed by atoms with Crippen LogP contribution in [0.2, 0.25) is 0 Å². The van der Waals surface area contributed by atoms with Crippen molar-refractivity contribution in [2.45, 2.75) is 25.4 Å². The molecule has 1 aliphatic carbocycles. The van der Waals surface area contributed by atoms with Crippen LogP contribution >= 0.6 is 0 Å². The van der Waals surface area contributed by atoms with Crippen molar-refractivity contribution in [1.82, 2.24) is 4.98 Å². The van der Waals surface area contributed by atoms with Gasteiger partial charge in [-0.1, -0.05) is 18.2 Å². The van der Waals surface area contributed by atoms with Crippen LogP contribution in [-0.2, 0) is 0 Å². The van der Waals surface area contributed by atoms with E-state index < -0.39 is 0 Å². The lowest BCUT2D eigenvalue weighted by atomic mass is 10.1. The van der Waals surface area contributed by atoms with E-state index in [9.17, 15) is 5.26 Å². The lowest BCUT2D eigenvalue weighted by Gasteiger charge is -2.20. The highest BCUT2D eigenvalue weighted by Crippen LogP contribution is 2.30. The molecule has 1 fully saturated rings. The fraction of sp³-hybridized carbons (Fsp3) is 0.375. The van der Waals surface area contributed by atoms with Crippen LogP contribution in [0.1, 0.15) is 24.8 Å². The van der Waals surface area contributed by atoms with Crippen LogP contribution in [0.25, 0.3) is 10.9 Å². The molecule has 1 heterocycles. The van der Waals surface area contributed by atoms with Gasteiger partial charge in [0.1, 0.15) is 17.7 Å². The van der Waals surface area contributed by atoms with Gasteiger partial charge in [-0.2, -0.15) is 5.26 Å². The molecule has 102 valence electrons. The van der Waals surface area contributed by atoms with Crippen LogP contribution in [0.3, 0.4) is 0 Å². The Bertz CT molecular complexity index is 662. The second-order valence-corrected chi connectivity index (χ2v) is 5.23. The van der Waals surface area contributed by atoms with E-state index in [0.29, 0.717) is 23.9 Å². The zero-order chi connectivity index (χ0) is 13.9. The van der Waals surface area contributed by atoms with E-state index in [4.69, 9.17) is 10.5 Å². The summed E-state index contributed by atoms with van der Waals surface area (Å²) >= 11 is 0. The third-order valence-corrected chi connectivity index (χ3v) is 3.96. The van der Waals surface area contributed by atoms with E-state index in [1.165, 1.54) is 0 Å². The zero-order valence-corrected chi connectivity index (χ0v) is 11.2. The van der Waals surface area contributed by atoms with Crippen molar-refractivity contribution in [3.63, 3.8) is 0 Å². The van der Waals surface area contributed by atoms with Gasteiger partial charge in [-0.05, 0) is 37.9 Å². The van der Waals surface area contributed by atoms with Crippen LogP contribution in [-0.4, -0.2) is 17.6 Å². The van der Waals surface area contributed by atoms with Crippen molar-refractivity contribution < 1.29 is 4.74 Å². The van der Waals surface area contributed by atoms with E-state index in [1.807, 2.05) is 30.3 Å². The quantitative estimate of drug-likeness (QED) is 0.927. The van der Waals surface area contributed by atoms with Crippen molar-refractivity contribution in [3.05, 3.63) is 35.9 Å². The molecule has 0 spiro atoms. The van der Waals surface area contributed by atoms with Crippen LogP contribution in [0, 0.1) is 17.2 Å². The van der Waals surface area contributed by atoms with Crippen LogP contribution in [0.4, 0.5) is 0 Å². The van der Waals surface area contributed by atoms with E-state index in [0.717, 1.165) is 30.2 Å². The van der Waals surface area contributed by atoms with Crippen LogP contribution < -0.4 is 10.5 Å². The van der Waals surface area contributed by atoms with Crippen LogP contribution in [0.5, 0.6) is 5.88 Å². The Hall–Kier alpha value is -2.12. The van der Waals surface area contributed by atoms with Gasteiger partial charge < -0.3 is 10.5 Å². The number of hydrogen-bond acceptors (Lipinski definition) is 4. The van der Waals surface area contributed by atoms with Crippen molar-refractivity contribution >= 4 is 10.9 Å². The Morgan fingerprint density at radius 2 is 2.20 bits per heavy atom. The first-order valence-corrected chi connectivity index (χ1v) is 6.98. The van der Waals surface area contributed by atoms with Gasteiger partial charge in [0, 0.05) is 11.3 Å². The Morgan fingerprint density at radius 1 is 1.35 bits per heavy atom. The molecule has 2 atom stereocenters. The first kappa shape index (κ1) is 12.9. The minimum atomic E-state index is 0.0840. The van der Waals surface area contributed by atoms with Crippen molar-refractivity contribution in [2.24, 2.45) is 11.7 Å². The number of pyridine rings is 1.